The van der Waals surface area contributed by atoms with E-state index in [1.165, 1.54) is 0 Å². The lowest BCUT2D eigenvalue weighted by Gasteiger charge is -2.08. The molecule has 0 atom stereocenters. The van der Waals surface area contributed by atoms with Gasteiger partial charge in [0, 0.05) is 38.0 Å². The van der Waals surface area contributed by atoms with E-state index in [0.29, 0.717) is 5.15 Å². The van der Waals surface area contributed by atoms with Gasteiger partial charge in [0.2, 0.25) is 0 Å². The van der Waals surface area contributed by atoms with Crippen molar-refractivity contribution in [3.63, 3.8) is 0 Å². The third-order valence-electron chi connectivity index (χ3n) is 2.67. The standard InChI is InChI=1S/C13H18ClN5/c1-2-4-12-17-11(14)9-13(18-12)16-5-3-7-19-8-6-15-10-19/h6,8-10H,2-5,7H2,1H3,(H,16,17,18). The van der Waals surface area contributed by atoms with E-state index in [-0.39, 0.29) is 0 Å². The summed E-state index contributed by atoms with van der Waals surface area (Å²) in [4.78, 5) is 12.6. The zero-order chi connectivity index (χ0) is 13.5. The van der Waals surface area contributed by atoms with Gasteiger partial charge in [0.25, 0.3) is 0 Å². The highest BCUT2D eigenvalue weighted by Gasteiger charge is 2.02. The fourth-order valence-corrected chi connectivity index (χ4v) is 1.99. The lowest BCUT2D eigenvalue weighted by molar-refractivity contribution is 0.659. The highest BCUT2D eigenvalue weighted by molar-refractivity contribution is 6.29. The van der Waals surface area contributed by atoms with Gasteiger partial charge in [-0.25, -0.2) is 15.0 Å². The highest BCUT2D eigenvalue weighted by atomic mass is 35.5. The third-order valence-corrected chi connectivity index (χ3v) is 2.87. The number of aryl methyl sites for hydroxylation is 2. The van der Waals surface area contributed by atoms with Crippen molar-refractivity contribution in [2.24, 2.45) is 0 Å². The minimum Gasteiger partial charge on any atom is -0.370 e. The number of rotatable bonds is 7. The molecule has 0 saturated carbocycles. The molecule has 0 spiro atoms. The van der Waals surface area contributed by atoms with E-state index < -0.39 is 0 Å². The van der Waals surface area contributed by atoms with Crippen molar-refractivity contribution in [2.75, 3.05) is 11.9 Å². The summed E-state index contributed by atoms with van der Waals surface area (Å²) in [6.07, 6.45) is 8.43. The molecule has 0 aliphatic rings. The predicted molar refractivity (Wildman–Crippen MR) is 76.4 cm³/mol. The van der Waals surface area contributed by atoms with Crippen molar-refractivity contribution in [1.29, 1.82) is 0 Å². The van der Waals surface area contributed by atoms with Crippen LogP contribution in [0.25, 0.3) is 0 Å². The van der Waals surface area contributed by atoms with Gasteiger partial charge in [-0.1, -0.05) is 18.5 Å². The van der Waals surface area contributed by atoms with Crippen LogP contribution in [0.4, 0.5) is 5.82 Å². The summed E-state index contributed by atoms with van der Waals surface area (Å²) in [5.74, 6) is 1.60. The van der Waals surface area contributed by atoms with Gasteiger partial charge >= 0.3 is 0 Å². The Morgan fingerprint density at radius 3 is 3.00 bits per heavy atom. The molecule has 0 bridgehead atoms. The Labute approximate surface area is 118 Å². The summed E-state index contributed by atoms with van der Waals surface area (Å²) < 4.78 is 2.05. The molecular weight excluding hydrogens is 262 g/mol. The number of hydrogen-bond donors (Lipinski definition) is 1. The third kappa shape index (κ3) is 4.52. The molecular formula is C13H18ClN5. The van der Waals surface area contributed by atoms with Crippen LogP contribution in [0, 0.1) is 0 Å². The van der Waals surface area contributed by atoms with E-state index >= 15 is 0 Å². The number of hydrogen-bond acceptors (Lipinski definition) is 4. The van der Waals surface area contributed by atoms with E-state index in [0.717, 1.165) is 44.0 Å². The monoisotopic (exact) mass is 279 g/mol. The molecule has 0 saturated heterocycles. The predicted octanol–water partition coefficient (Wildman–Crippen LogP) is 2.78. The van der Waals surface area contributed by atoms with Crippen molar-refractivity contribution in [2.45, 2.75) is 32.7 Å². The zero-order valence-electron chi connectivity index (χ0n) is 11.0. The normalized spacial score (nSPS) is 10.6. The Kier molecular flexibility index (Phi) is 5.15. The molecule has 0 fully saturated rings. The molecule has 2 aromatic heterocycles. The Bertz CT molecular complexity index is 498. The first-order chi connectivity index (χ1) is 9.28. The van der Waals surface area contributed by atoms with Gasteiger partial charge in [-0.3, -0.25) is 0 Å². The van der Waals surface area contributed by atoms with Crippen molar-refractivity contribution >= 4 is 17.4 Å². The fourth-order valence-electron chi connectivity index (χ4n) is 1.79. The first-order valence-electron chi connectivity index (χ1n) is 6.51. The topological polar surface area (TPSA) is 55.6 Å². The summed E-state index contributed by atoms with van der Waals surface area (Å²) in [7, 11) is 0. The van der Waals surface area contributed by atoms with Crippen LogP contribution >= 0.6 is 11.6 Å². The minimum atomic E-state index is 0.496. The summed E-state index contributed by atoms with van der Waals surface area (Å²) >= 11 is 5.98. The Balaban J connectivity index is 1.81. The van der Waals surface area contributed by atoms with Gasteiger partial charge in [-0.05, 0) is 12.8 Å². The van der Waals surface area contributed by atoms with E-state index in [1.54, 1.807) is 12.3 Å². The average molecular weight is 280 g/mol. The maximum Gasteiger partial charge on any atom is 0.134 e. The number of nitrogens with zero attached hydrogens (tertiary/aromatic N) is 4. The van der Waals surface area contributed by atoms with Crippen molar-refractivity contribution in [3.05, 3.63) is 35.8 Å². The largest absolute Gasteiger partial charge is 0.370 e. The van der Waals surface area contributed by atoms with E-state index in [2.05, 4.69) is 31.8 Å². The summed E-state index contributed by atoms with van der Waals surface area (Å²) in [5, 5.41) is 3.77. The van der Waals surface area contributed by atoms with Crippen LogP contribution in [-0.4, -0.2) is 26.1 Å². The molecule has 2 rings (SSSR count). The lowest BCUT2D eigenvalue weighted by atomic mass is 10.3. The molecule has 0 aliphatic heterocycles. The molecule has 0 aromatic carbocycles. The SMILES string of the molecule is CCCc1nc(Cl)cc(NCCCn2ccnc2)n1. The molecule has 0 radical (unpaired) electrons. The first-order valence-corrected chi connectivity index (χ1v) is 6.89. The van der Waals surface area contributed by atoms with Crippen LogP contribution in [0.5, 0.6) is 0 Å². The Hall–Kier alpha value is -1.62. The molecule has 1 N–H and O–H groups in total. The van der Waals surface area contributed by atoms with Crippen LogP contribution in [-0.2, 0) is 13.0 Å². The van der Waals surface area contributed by atoms with E-state index in [4.69, 9.17) is 11.6 Å². The van der Waals surface area contributed by atoms with Gasteiger partial charge in [0.05, 0.1) is 6.33 Å². The van der Waals surface area contributed by atoms with Crippen molar-refractivity contribution in [1.82, 2.24) is 19.5 Å². The van der Waals surface area contributed by atoms with Crippen molar-refractivity contribution < 1.29 is 0 Å². The number of halogens is 1. The summed E-state index contributed by atoms with van der Waals surface area (Å²) in [6, 6.07) is 1.76. The molecule has 0 amide bonds. The number of aromatic nitrogens is 4. The molecule has 0 unspecified atom stereocenters. The number of nitrogens with one attached hydrogen (secondary N) is 1. The number of anilines is 1. The van der Waals surface area contributed by atoms with Crippen LogP contribution in [0.2, 0.25) is 5.15 Å². The molecule has 6 heteroatoms. The lowest BCUT2D eigenvalue weighted by Crippen LogP contribution is -2.08. The quantitative estimate of drug-likeness (QED) is 0.625. The maximum absolute atomic E-state index is 5.98. The van der Waals surface area contributed by atoms with Gasteiger partial charge in [0.15, 0.2) is 0 Å². The van der Waals surface area contributed by atoms with Gasteiger partial charge in [-0.15, -0.1) is 0 Å². The smallest absolute Gasteiger partial charge is 0.134 e. The van der Waals surface area contributed by atoms with Crippen LogP contribution in [0.1, 0.15) is 25.6 Å². The molecule has 2 aromatic rings. The van der Waals surface area contributed by atoms with Crippen LogP contribution in [0.15, 0.2) is 24.8 Å². The Morgan fingerprint density at radius 1 is 1.37 bits per heavy atom. The maximum atomic E-state index is 5.98. The second-order valence-corrected chi connectivity index (χ2v) is 4.71. The molecule has 5 nitrogen and oxygen atoms in total. The van der Waals surface area contributed by atoms with Gasteiger partial charge < -0.3 is 9.88 Å². The number of imidazole rings is 1. The molecule has 102 valence electrons. The first kappa shape index (κ1) is 13.8. The zero-order valence-corrected chi connectivity index (χ0v) is 11.8. The highest BCUT2D eigenvalue weighted by Crippen LogP contribution is 2.12. The van der Waals surface area contributed by atoms with Gasteiger partial charge in [0.1, 0.15) is 16.8 Å². The molecule has 2 heterocycles. The molecule has 0 aliphatic carbocycles. The van der Waals surface area contributed by atoms with Crippen LogP contribution in [0.3, 0.4) is 0 Å². The summed E-state index contributed by atoms with van der Waals surface area (Å²) in [5.41, 5.74) is 0. The fraction of sp³-hybridized carbons (Fsp3) is 0.462. The van der Waals surface area contributed by atoms with Gasteiger partial charge in [-0.2, -0.15) is 0 Å². The Morgan fingerprint density at radius 2 is 2.26 bits per heavy atom. The second kappa shape index (κ2) is 7.09. The van der Waals surface area contributed by atoms with E-state index in [9.17, 15) is 0 Å². The minimum absolute atomic E-state index is 0.496. The van der Waals surface area contributed by atoms with Crippen molar-refractivity contribution in [3.8, 4) is 0 Å². The van der Waals surface area contributed by atoms with Crippen LogP contribution < -0.4 is 5.32 Å². The van der Waals surface area contributed by atoms with E-state index in [1.807, 2.05) is 12.5 Å². The average Bonchev–Trinajstić information content (AvgIpc) is 2.87. The molecule has 19 heavy (non-hydrogen) atoms. The summed E-state index contributed by atoms with van der Waals surface area (Å²) in [6.45, 7) is 3.88. The second-order valence-electron chi connectivity index (χ2n) is 4.32.